The van der Waals surface area contributed by atoms with Crippen LogP contribution in [0.4, 0.5) is 0 Å². The van der Waals surface area contributed by atoms with E-state index in [9.17, 15) is 4.79 Å². The summed E-state index contributed by atoms with van der Waals surface area (Å²) >= 11 is 1.59. The summed E-state index contributed by atoms with van der Waals surface area (Å²) in [5, 5.41) is 1.99. The maximum Gasteiger partial charge on any atom is 0.255 e. The minimum absolute atomic E-state index is 0.0210. The number of hydrogen-bond acceptors (Lipinski definition) is 5. The van der Waals surface area contributed by atoms with E-state index in [2.05, 4.69) is 22.0 Å². The van der Waals surface area contributed by atoms with Crippen molar-refractivity contribution >= 4 is 17.4 Å². The van der Waals surface area contributed by atoms with E-state index in [-0.39, 0.29) is 5.56 Å². The van der Waals surface area contributed by atoms with Gasteiger partial charge in [-0.25, -0.2) is 4.98 Å². The Balaban J connectivity index is 1.36. The molecule has 27 heavy (non-hydrogen) atoms. The molecule has 2 aliphatic heterocycles. The topological polar surface area (TPSA) is 58.2 Å². The van der Waals surface area contributed by atoms with Crippen LogP contribution in [0, 0.1) is 0 Å². The van der Waals surface area contributed by atoms with Gasteiger partial charge in [0.05, 0.1) is 16.1 Å². The van der Waals surface area contributed by atoms with Crippen molar-refractivity contribution in [3.8, 4) is 16.5 Å². The molecular weight excluding hydrogens is 358 g/mol. The molecule has 0 amide bonds. The number of H-pyrrole nitrogens is 1. The zero-order chi connectivity index (χ0) is 18.2. The molecule has 0 bridgehead atoms. The number of nitrogens with one attached hydrogen (secondary N) is 1. The van der Waals surface area contributed by atoms with Crippen LogP contribution in [-0.2, 0) is 13.0 Å². The number of thiophene rings is 1. The molecule has 0 atom stereocenters. The molecule has 4 heterocycles. The van der Waals surface area contributed by atoms with Gasteiger partial charge >= 0.3 is 0 Å². The molecule has 0 unspecified atom stereocenters. The van der Waals surface area contributed by atoms with Crippen LogP contribution >= 0.6 is 11.3 Å². The number of aromatic amines is 1. The van der Waals surface area contributed by atoms with Gasteiger partial charge in [-0.2, -0.15) is 0 Å². The van der Waals surface area contributed by atoms with Gasteiger partial charge in [0.15, 0.2) is 5.82 Å². The van der Waals surface area contributed by atoms with Crippen LogP contribution in [0.1, 0.15) is 16.8 Å². The van der Waals surface area contributed by atoms with Gasteiger partial charge in [0, 0.05) is 31.6 Å². The van der Waals surface area contributed by atoms with Crippen LogP contribution in [0.2, 0.25) is 0 Å². The smallest absolute Gasteiger partial charge is 0.255 e. The number of nitrogens with zero attached hydrogens (tertiary/aromatic N) is 2. The van der Waals surface area contributed by atoms with Crippen molar-refractivity contribution < 1.29 is 4.74 Å². The third-order valence-electron chi connectivity index (χ3n) is 5.02. The highest BCUT2D eigenvalue weighted by Gasteiger charge is 2.23. The summed E-state index contributed by atoms with van der Waals surface area (Å²) in [6.45, 7) is 2.93. The second kappa shape index (κ2) is 6.79. The van der Waals surface area contributed by atoms with Crippen molar-refractivity contribution in [2.45, 2.75) is 13.0 Å². The minimum atomic E-state index is -0.0210. The van der Waals surface area contributed by atoms with Crippen LogP contribution in [0.5, 0.6) is 5.75 Å². The number of ether oxygens (including phenoxy) is 1. The van der Waals surface area contributed by atoms with Gasteiger partial charge in [0.2, 0.25) is 0 Å². The molecule has 0 saturated heterocycles. The van der Waals surface area contributed by atoms with E-state index >= 15 is 0 Å². The third kappa shape index (κ3) is 3.22. The largest absolute Gasteiger partial charge is 0.489 e. The van der Waals surface area contributed by atoms with Gasteiger partial charge in [-0.15, -0.1) is 11.3 Å². The first-order valence-corrected chi connectivity index (χ1v) is 9.94. The monoisotopic (exact) mass is 377 g/mol. The summed E-state index contributed by atoms with van der Waals surface area (Å²) < 4.78 is 5.85. The first kappa shape index (κ1) is 16.5. The zero-order valence-electron chi connectivity index (χ0n) is 14.8. The summed E-state index contributed by atoms with van der Waals surface area (Å²) in [5.41, 5.74) is 4.05. The third-order valence-corrected chi connectivity index (χ3v) is 5.90. The Bertz CT molecular complexity index is 1070. The highest BCUT2D eigenvalue weighted by molar-refractivity contribution is 7.13. The molecule has 136 valence electrons. The van der Waals surface area contributed by atoms with Crippen LogP contribution < -0.4 is 10.3 Å². The van der Waals surface area contributed by atoms with Crippen LogP contribution in [0.25, 0.3) is 16.8 Å². The number of para-hydroxylation sites is 1. The maximum atomic E-state index is 12.6. The summed E-state index contributed by atoms with van der Waals surface area (Å²) in [5.74, 6) is 1.62. The van der Waals surface area contributed by atoms with E-state index in [0.717, 1.165) is 47.0 Å². The molecule has 2 aromatic heterocycles. The summed E-state index contributed by atoms with van der Waals surface area (Å²) in [6, 6.07) is 12.0. The van der Waals surface area contributed by atoms with E-state index in [1.54, 1.807) is 11.3 Å². The standard InChI is InChI=1S/C21H19N3O2S/c25-21-16-12-24(11-14-10-15-4-1-2-5-18(15)26-13-14)8-7-17(16)22-20(23-21)19-6-3-9-27-19/h1-6,9-10H,7-8,11-13H2,(H,22,23,25). The Kier molecular flexibility index (Phi) is 4.14. The molecule has 0 fully saturated rings. The fourth-order valence-electron chi connectivity index (χ4n) is 3.69. The van der Waals surface area contributed by atoms with E-state index < -0.39 is 0 Å². The van der Waals surface area contributed by atoms with Gasteiger partial charge in [-0.1, -0.05) is 24.3 Å². The Morgan fingerprint density at radius 1 is 1.22 bits per heavy atom. The molecule has 0 aliphatic carbocycles. The van der Waals surface area contributed by atoms with Crippen molar-refractivity contribution in [2.75, 3.05) is 19.7 Å². The SMILES string of the molecule is O=c1[nH]c(-c2cccs2)nc2c1CN(CC1=Cc3ccccc3OC1)CC2. The van der Waals surface area contributed by atoms with Gasteiger partial charge in [0.1, 0.15) is 12.4 Å². The van der Waals surface area contributed by atoms with Crippen LogP contribution in [0.15, 0.2) is 52.1 Å². The number of rotatable bonds is 3. The predicted molar refractivity (Wildman–Crippen MR) is 107 cm³/mol. The van der Waals surface area contributed by atoms with Gasteiger partial charge in [-0.05, 0) is 29.2 Å². The van der Waals surface area contributed by atoms with Crippen LogP contribution in [-0.4, -0.2) is 34.6 Å². The molecule has 5 rings (SSSR count). The van der Waals surface area contributed by atoms with Crippen molar-refractivity contribution in [1.29, 1.82) is 0 Å². The van der Waals surface area contributed by atoms with Crippen molar-refractivity contribution in [1.82, 2.24) is 14.9 Å². The number of benzene rings is 1. The summed E-state index contributed by atoms with van der Waals surface area (Å²) in [6.07, 6.45) is 3.00. The number of hydrogen-bond donors (Lipinski definition) is 1. The molecule has 6 heteroatoms. The molecule has 5 nitrogen and oxygen atoms in total. The minimum Gasteiger partial charge on any atom is -0.489 e. The first-order valence-electron chi connectivity index (χ1n) is 9.06. The van der Waals surface area contributed by atoms with E-state index in [1.807, 2.05) is 35.7 Å². The van der Waals surface area contributed by atoms with Gasteiger partial charge in [0.25, 0.3) is 5.56 Å². The van der Waals surface area contributed by atoms with E-state index in [1.165, 1.54) is 5.57 Å². The second-order valence-corrected chi connectivity index (χ2v) is 7.85. The second-order valence-electron chi connectivity index (χ2n) is 6.91. The van der Waals surface area contributed by atoms with Crippen molar-refractivity contribution in [3.63, 3.8) is 0 Å². The fraction of sp³-hybridized carbons (Fsp3) is 0.238. The number of aromatic nitrogens is 2. The normalized spacial score (nSPS) is 16.2. The quantitative estimate of drug-likeness (QED) is 0.761. The lowest BCUT2D eigenvalue weighted by molar-refractivity contribution is 0.254. The van der Waals surface area contributed by atoms with E-state index in [4.69, 9.17) is 9.72 Å². The average molecular weight is 377 g/mol. The van der Waals surface area contributed by atoms with Crippen molar-refractivity contribution in [2.24, 2.45) is 0 Å². The Labute approximate surface area is 161 Å². The lowest BCUT2D eigenvalue weighted by atomic mass is 10.0. The molecular formula is C21H19N3O2S. The lowest BCUT2D eigenvalue weighted by Crippen LogP contribution is -2.37. The molecule has 2 aliphatic rings. The molecule has 0 spiro atoms. The molecule has 0 radical (unpaired) electrons. The molecule has 1 N–H and O–H groups in total. The summed E-state index contributed by atoms with van der Waals surface area (Å²) in [7, 11) is 0. The number of fused-ring (bicyclic) bond motifs is 2. The first-order chi connectivity index (χ1) is 13.3. The molecule has 0 saturated carbocycles. The van der Waals surface area contributed by atoms with Gasteiger partial charge in [-0.3, -0.25) is 9.69 Å². The average Bonchev–Trinajstić information content (AvgIpc) is 3.23. The Morgan fingerprint density at radius 3 is 3.04 bits per heavy atom. The Hall–Kier alpha value is -2.70. The van der Waals surface area contributed by atoms with E-state index in [0.29, 0.717) is 19.0 Å². The van der Waals surface area contributed by atoms with Crippen LogP contribution in [0.3, 0.4) is 0 Å². The fourth-order valence-corrected chi connectivity index (χ4v) is 4.36. The maximum absolute atomic E-state index is 12.6. The van der Waals surface area contributed by atoms with Crippen molar-refractivity contribution in [3.05, 3.63) is 74.5 Å². The lowest BCUT2D eigenvalue weighted by Gasteiger charge is -2.29. The molecule has 1 aromatic carbocycles. The molecule has 3 aromatic rings. The zero-order valence-corrected chi connectivity index (χ0v) is 15.6. The highest BCUT2D eigenvalue weighted by Crippen LogP contribution is 2.27. The summed E-state index contributed by atoms with van der Waals surface area (Å²) in [4.78, 5) is 23.6. The predicted octanol–water partition coefficient (Wildman–Crippen LogP) is 3.33. The Morgan fingerprint density at radius 2 is 2.15 bits per heavy atom. The van der Waals surface area contributed by atoms with Gasteiger partial charge < -0.3 is 9.72 Å². The highest BCUT2D eigenvalue weighted by atomic mass is 32.1.